The average Bonchev–Trinajstić information content (AvgIpc) is 2.21. The molecule has 0 aliphatic rings. The van der Waals surface area contributed by atoms with Gasteiger partial charge in [0.05, 0.1) is 12.2 Å². The van der Waals surface area contributed by atoms with Crippen LogP contribution in [-0.4, -0.2) is 18.9 Å². The Morgan fingerprint density at radius 1 is 1.33 bits per heavy atom. The summed E-state index contributed by atoms with van der Waals surface area (Å²) >= 11 is 0. The molecule has 0 N–H and O–H groups in total. The van der Waals surface area contributed by atoms with E-state index in [-0.39, 0.29) is 0 Å². The van der Waals surface area contributed by atoms with Gasteiger partial charge in [-0.15, -0.1) is 0 Å². The van der Waals surface area contributed by atoms with E-state index in [1.165, 1.54) is 0 Å². The van der Waals surface area contributed by atoms with Gasteiger partial charge in [0.25, 0.3) is 0 Å². The van der Waals surface area contributed by atoms with Gasteiger partial charge in [-0.3, -0.25) is 4.79 Å². The molecule has 0 saturated heterocycles. The first-order valence-electron chi connectivity index (χ1n) is 4.83. The average molecular weight is 206 g/mol. The van der Waals surface area contributed by atoms with Crippen molar-refractivity contribution in [3.05, 3.63) is 34.4 Å². The Labute approximate surface area is 89.1 Å². The summed E-state index contributed by atoms with van der Waals surface area (Å²) < 4.78 is 4.87. The largest absolute Gasteiger partial charge is 0.462 e. The second-order valence-corrected chi connectivity index (χ2v) is 3.36. The molecule has 1 aromatic carbocycles. The van der Waals surface area contributed by atoms with E-state index in [2.05, 4.69) is 0 Å². The van der Waals surface area contributed by atoms with Crippen LogP contribution in [0, 0.1) is 13.8 Å². The molecule has 0 radical (unpaired) electrons. The molecule has 0 spiro atoms. The van der Waals surface area contributed by atoms with Crippen LogP contribution >= 0.6 is 0 Å². The predicted molar refractivity (Wildman–Crippen MR) is 57.3 cm³/mol. The molecule has 1 rings (SSSR count). The quantitative estimate of drug-likeness (QED) is 0.563. The number of hydrogen-bond donors (Lipinski definition) is 0. The summed E-state index contributed by atoms with van der Waals surface area (Å²) in [4.78, 5) is 22.3. The zero-order valence-corrected chi connectivity index (χ0v) is 9.16. The molecule has 3 nitrogen and oxygen atoms in total. The maximum absolute atomic E-state index is 11.5. The molecule has 0 aliphatic carbocycles. The highest BCUT2D eigenvalue weighted by Crippen LogP contribution is 2.15. The summed E-state index contributed by atoms with van der Waals surface area (Å²) in [6.07, 6.45) is 0.679. The first-order valence-corrected chi connectivity index (χ1v) is 4.83. The second kappa shape index (κ2) is 4.73. The van der Waals surface area contributed by atoms with E-state index in [1.54, 1.807) is 19.1 Å². The summed E-state index contributed by atoms with van der Waals surface area (Å²) in [5.74, 6) is -0.442. The summed E-state index contributed by atoms with van der Waals surface area (Å²) in [5, 5.41) is 0. The Bertz CT molecular complexity index is 394. The molecular formula is C12H14O3. The van der Waals surface area contributed by atoms with E-state index < -0.39 is 5.97 Å². The van der Waals surface area contributed by atoms with Crippen molar-refractivity contribution in [2.45, 2.75) is 20.8 Å². The molecule has 80 valence electrons. The first kappa shape index (κ1) is 11.4. The van der Waals surface area contributed by atoms with Gasteiger partial charge in [0.2, 0.25) is 0 Å². The van der Waals surface area contributed by atoms with Gasteiger partial charge in [-0.05, 0) is 44.0 Å². The molecule has 3 heteroatoms. The number of aryl methyl sites for hydroxylation is 2. The number of hydrogen-bond acceptors (Lipinski definition) is 3. The van der Waals surface area contributed by atoms with E-state index in [1.807, 2.05) is 13.8 Å². The number of ether oxygens (including phenoxy) is 1. The molecule has 0 atom stereocenters. The van der Waals surface area contributed by atoms with E-state index in [4.69, 9.17) is 4.74 Å². The molecule has 0 saturated carbocycles. The third kappa shape index (κ3) is 2.43. The third-order valence-electron chi connectivity index (χ3n) is 2.29. The Kier molecular flexibility index (Phi) is 3.61. The molecule has 0 heterocycles. The van der Waals surface area contributed by atoms with Gasteiger partial charge in [-0.1, -0.05) is 0 Å². The lowest BCUT2D eigenvalue weighted by Gasteiger charge is -2.07. The Hall–Kier alpha value is -1.64. The van der Waals surface area contributed by atoms with Crippen molar-refractivity contribution < 1.29 is 14.3 Å². The van der Waals surface area contributed by atoms with Crippen LogP contribution in [0.4, 0.5) is 0 Å². The van der Waals surface area contributed by atoms with Crippen LogP contribution in [-0.2, 0) is 4.74 Å². The van der Waals surface area contributed by atoms with Crippen molar-refractivity contribution >= 4 is 12.3 Å². The lowest BCUT2D eigenvalue weighted by Crippen LogP contribution is -2.08. The number of esters is 1. The lowest BCUT2D eigenvalue weighted by atomic mass is 10.0. The topological polar surface area (TPSA) is 43.4 Å². The molecule has 0 unspecified atom stereocenters. The highest BCUT2D eigenvalue weighted by atomic mass is 16.5. The maximum Gasteiger partial charge on any atom is 0.338 e. The first-order chi connectivity index (χ1) is 7.10. The van der Waals surface area contributed by atoms with Gasteiger partial charge in [0.1, 0.15) is 0 Å². The third-order valence-corrected chi connectivity index (χ3v) is 2.29. The minimum Gasteiger partial charge on any atom is -0.462 e. The number of aldehydes is 1. The zero-order chi connectivity index (χ0) is 11.4. The van der Waals surface area contributed by atoms with Crippen molar-refractivity contribution in [2.75, 3.05) is 6.61 Å². The highest BCUT2D eigenvalue weighted by molar-refractivity contribution is 5.98. The Balaban J connectivity index is 3.21. The molecule has 0 aliphatic heterocycles. The van der Waals surface area contributed by atoms with Gasteiger partial charge < -0.3 is 4.74 Å². The van der Waals surface area contributed by atoms with E-state index in [0.717, 1.165) is 11.1 Å². The second-order valence-electron chi connectivity index (χ2n) is 3.36. The Morgan fingerprint density at radius 3 is 2.47 bits per heavy atom. The van der Waals surface area contributed by atoms with E-state index >= 15 is 0 Å². The molecule has 1 aromatic rings. The van der Waals surface area contributed by atoms with Gasteiger partial charge in [0.15, 0.2) is 6.29 Å². The fourth-order valence-electron chi connectivity index (χ4n) is 1.32. The van der Waals surface area contributed by atoms with Crippen LogP contribution in [0.1, 0.15) is 38.8 Å². The number of carbonyl (C=O) groups is 2. The van der Waals surface area contributed by atoms with Gasteiger partial charge >= 0.3 is 5.97 Å². The monoisotopic (exact) mass is 206 g/mol. The molecule has 15 heavy (non-hydrogen) atoms. The van der Waals surface area contributed by atoms with Crippen molar-refractivity contribution in [1.29, 1.82) is 0 Å². The van der Waals surface area contributed by atoms with Crippen LogP contribution in [0.2, 0.25) is 0 Å². The van der Waals surface area contributed by atoms with Gasteiger partial charge in [0, 0.05) is 5.56 Å². The molecular weight excluding hydrogens is 192 g/mol. The summed E-state index contributed by atoms with van der Waals surface area (Å²) in [7, 11) is 0. The predicted octanol–water partition coefficient (Wildman–Crippen LogP) is 2.29. The SMILES string of the molecule is CCOC(=O)c1cc(C)c(C)cc1C=O. The smallest absolute Gasteiger partial charge is 0.338 e. The maximum atomic E-state index is 11.5. The van der Waals surface area contributed by atoms with Crippen LogP contribution in [0.3, 0.4) is 0 Å². The molecule has 0 bridgehead atoms. The van der Waals surface area contributed by atoms with Gasteiger partial charge in [-0.25, -0.2) is 4.79 Å². The number of benzene rings is 1. The standard InChI is InChI=1S/C12H14O3/c1-4-15-12(14)11-6-9(3)8(2)5-10(11)7-13/h5-7H,4H2,1-3H3. The molecule has 0 amide bonds. The molecule has 0 aromatic heterocycles. The fourth-order valence-corrected chi connectivity index (χ4v) is 1.32. The van der Waals surface area contributed by atoms with Crippen molar-refractivity contribution in [3.63, 3.8) is 0 Å². The minimum absolute atomic E-state index is 0.310. The van der Waals surface area contributed by atoms with Crippen molar-refractivity contribution in [3.8, 4) is 0 Å². The van der Waals surface area contributed by atoms with Gasteiger partial charge in [-0.2, -0.15) is 0 Å². The normalized spacial score (nSPS) is 9.80. The number of rotatable bonds is 3. The number of carbonyl (C=O) groups excluding carboxylic acids is 2. The highest BCUT2D eigenvalue weighted by Gasteiger charge is 2.13. The van der Waals surface area contributed by atoms with E-state index in [0.29, 0.717) is 24.0 Å². The van der Waals surface area contributed by atoms with Crippen LogP contribution in [0.5, 0.6) is 0 Å². The van der Waals surface area contributed by atoms with Crippen LogP contribution in [0.15, 0.2) is 12.1 Å². The fraction of sp³-hybridized carbons (Fsp3) is 0.333. The van der Waals surface area contributed by atoms with Crippen LogP contribution < -0.4 is 0 Å². The molecule has 0 fully saturated rings. The Morgan fingerprint density at radius 2 is 1.93 bits per heavy atom. The van der Waals surface area contributed by atoms with Crippen molar-refractivity contribution in [2.24, 2.45) is 0 Å². The summed E-state index contributed by atoms with van der Waals surface area (Å²) in [6.45, 7) is 5.84. The van der Waals surface area contributed by atoms with E-state index in [9.17, 15) is 9.59 Å². The van der Waals surface area contributed by atoms with Crippen molar-refractivity contribution in [1.82, 2.24) is 0 Å². The zero-order valence-electron chi connectivity index (χ0n) is 9.16. The minimum atomic E-state index is -0.442. The summed E-state index contributed by atoms with van der Waals surface area (Å²) in [5.41, 5.74) is 2.69. The lowest BCUT2D eigenvalue weighted by molar-refractivity contribution is 0.0524. The summed E-state index contributed by atoms with van der Waals surface area (Å²) in [6, 6.07) is 3.39. The van der Waals surface area contributed by atoms with Crippen LogP contribution in [0.25, 0.3) is 0 Å².